The van der Waals surface area contributed by atoms with Crippen molar-refractivity contribution >= 4 is 28.4 Å². The lowest BCUT2D eigenvalue weighted by Crippen LogP contribution is -2.44. The van der Waals surface area contributed by atoms with Crippen LogP contribution in [0.25, 0.3) is 22.2 Å². The van der Waals surface area contributed by atoms with Crippen molar-refractivity contribution in [1.29, 1.82) is 0 Å². The average molecular weight is 452 g/mol. The smallest absolute Gasteiger partial charge is 0.247 e. The van der Waals surface area contributed by atoms with Crippen molar-refractivity contribution in [3.05, 3.63) is 90.0 Å². The fourth-order valence-electron chi connectivity index (χ4n) is 4.76. The van der Waals surface area contributed by atoms with Gasteiger partial charge < -0.3 is 15.2 Å². The van der Waals surface area contributed by atoms with Gasteiger partial charge in [0.25, 0.3) is 0 Å². The molecule has 2 unspecified atom stereocenters. The van der Waals surface area contributed by atoms with Crippen molar-refractivity contribution in [2.24, 2.45) is 0 Å². The molecule has 0 spiro atoms. The summed E-state index contributed by atoms with van der Waals surface area (Å²) in [6.07, 6.45) is 1.52. The van der Waals surface area contributed by atoms with Gasteiger partial charge in [0.15, 0.2) is 0 Å². The summed E-state index contributed by atoms with van der Waals surface area (Å²) >= 11 is 0. The zero-order valence-electron chi connectivity index (χ0n) is 19.5. The van der Waals surface area contributed by atoms with Crippen LogP contribution >= 0.6 is 0 Å². The number of likely N-dealkylation sites (tertiary alicyclic amines) is 1. The molecule has 0 aliphatic carbocycles. The molecule has 172 valence electrons. The normalized spacial score (nSPS) is 16.5. The van der Waals surface area contributed by atoms with E-state index in [1.54, 1.807) is 4.90 Å². The van der Waals surface area contributed by atoms with Gasteiger partial charge in [0, 0.05) is 28.8 Å². The standard InChI is InChI=1S/C29H29N3O2/c1-19-10-12-22(13-11-19)26-18-23-17-24(14-15-25(23)31-26)30-28(33)27-9-6-16-32(27)29(34)20(2)21-7-4-3-5-8-21/h3-5,7-8,10-15,17-18,20,27,31H,6,9,16H2,1-2H3,(H,30,33). The zero-order chi connectivity index (χ0) is 23.7. The molecule has 2 atom stereocenters. The minimum atomic E-state index is -0.441. The fourth-order valence-corrected chi connectivity index (χ4v) is 4.76. The van der Waals surface area contributed by atoms with Gasteiger partial charge in [-0.2, -0.15) is 0 Å². The second kappa shape index (κ2) is 9.18. The maximum Gasteiger partial charge on any atom is 0.247 e. The number of carbonyl (C=O) groups excluding carboxylic acids is 2. The second-order valence-corrected chi connectivity index (χ2v) is 9.16. The van der Waals surface area contributed by atoms with Crippen molar-refractivity contribution in [3.63, 3.8) is 0 Å². The number of rotatable bonds is 5. The van der Waals surface area contributed by atoms with E-state index in [4.69, 9.17) is 0 Å². The Labute approximate surface area is 199 Å². The van der Waals surface area contributed by atoms with Gasteiger partial charge in [0.1, 0.15) is 6.04 Å². The van der Waals surface area contributed by atoms with Crippen LogP contribution in [0.5, 0.6) is 0 Å². The molecule has 0 bridgehead atoms. The predicted molar refractivity (Wildman–Crippen MR) is 137 cm³/mol. The first-order valence-corrected chi connectivity index (χ1v) is 11.9. The summed E-state index contributed by atoms with van der Waals surface area (Å²) in [4.78, 5) is 31.6. The summed E-state index contributed by atoms with van der Waals surface area (Å²) in [6.45, 7) is 4.60. The van der Waals surface area contributed by atoms with E-state index in [0.29, 0.717) is 13.0 Å². The molecular formula is C29H29N3O2. The highest BCUT2D eigenvalue weighted by atomic mass is 16.2. The molecule has 3 aromatic carbocycles. The number of carbonyl (C=O) groups is 2. The van der Waals surface area contributed by atoms with Crippen LogP contribution in [0, 0.1) is 6.92 Å². The van der Waals surface area contributed by atoms with Crippen LogP contribution in [-0.4, -0.2) is 34.3 Å². The number of aromatic amines is 1. The molecule has 2 amide bonds. The number of hydrogen-bond acceptors (Lipinski definition) is 2. The molecule has 1 saturated heterocycles. The summed E-state index contributed by atoms with van der Waals surface area (Å²) in [5.41, 5.74) is 6.12. The zero-order valence-corrected chi connectivity index (χ0v) is 19.5. The van der Waals surface area contributed by atoms with E-state index >= 15 is 0 Å². The van der Waals surface area contributed by atoms with Gasteiger partial charge in [-0.1, -0.05) is 60.2 Å². The number of H-pyrrole nitrogens is 1. The number of aromatic nitrogens is 1. The molecule has 1 aliphatic rings. The van der Waals surface area contributed by atoms with Gasteiger partial charge in [-0.3, -0.25) is 9.59 Å². The molecule has 5 rings (SSSR count). The number of benzene rings is 3. The van der Waals surface area contributed by atoms with Crippen LogP contribution in [0.15, 0.2) is 78.9 Å². The minimum absolute atomic E-state index is 0.00711. The van der Waals surface area contributed by atoms with Gasteiger partial charge in [-0.05, 0) is 62.1 Å². The number of nitrogens with one attached hydrogen (secondary N) is 2. The molecule has 1 aliphatic heterocycles. The van der Waals surface area contributed by atoms with Gasteiger partial charge >= 0.3 is 0 Å². The molecule has 1 aromatic heterocycles. The van der Waals surface area contributed by atoms with E-state index in [9.17, 15) is 9.59 Å². The molecule has 0 saturated carbocycles. The lowest BCUT2D eigenvalue weighted by Gasteiger charge is -2.27. The summed E-state index contributed by atoms with van der Waals surface area (Å²) in [7, 11) is 0. The third-order valence-electron chi connectivity index (χ3n) is 6.76. The molecular weight excluding hydrogens is 422 g/mol. The molecule has 2 heterocycles. The van der Waals surface area contributed by atoms with E-state index < -0.39 is 6.04 Å². The van der Waals surface area contributed by atoms with Crippen molar-refractivity contribution in [3.8, 4) is 11.3 Å². The first kappa shape index (κ1) is 22.0. The Morgan fingerprint density at radius 2 is 1.76 bits per heavy atom. The number of hydrogen-bond donors (Lipinski definition) is 2. The van der Waals surface area contributed by atoms with Crippen LogP contribution in [0.4, 0.5) is 5.69 Å². The van der Waals surface area contributed by atoms with Crippen LogP contribution in [-0.2, 0) is 9.59 Å². The van der Waals surface area contributed by atoms with Crippen LogP contribution in [0.3, 0.4) is 0 Å². The maximum atomic E-state index is 13.2. The monoisotopic (exact) mass is 451 g/mol. The Morgan fingerprint density at radius 1 is 1.00 bits per heavy atom. The quantitative estimate of drug-likeness (QED) is 0.398. The van der Waals surface area contributed by atoms with Crippen molar-refractivity contribution in [1.82, 2.24) is 9.88 Å². The highest BCUT2D eigenvalue weighted by Gasteiger charge is 2.36. The summed E-state index contributed by atoms with van der Waals surface area (Å²) in [6, 6.07) is 25.7. The molecule has 5 heteroatoms. The Kier molecular flexibility index (Phi) is 5.93. The molecule has 5 nitrogen and oxygen atoms in total. The van der Waals surface area contributed by atoms with E-state index in [2.05, 4.69) is 47.6 Å². The number of aryl methyl sites for hydroxylation is 1. The van der Waals surface area contributed by atoms with Crippen molar-refractivity contribution < 1.29 is 9.59 Å². The molecule has 34 heavy (non-hydrogen) atoms. The highest BCUT2D eigenvalue weighted by Crippen LogP contribution is 2.28. The topological polar surface area (TPSA) is 65.2 Å². The third kappa shape index (κ3) is 4.34. The molecule has 0 radical (unpaired) electrons. The van der Waals surface area contributed by atoms with Crippen LogP contribution < -0.4 is 5.32 Å². The first-order chi connectivity index (χ1) is 16.5. The number of anilines is 1. The van der Waals surface area contributed by atoms with Crippen molar-refractivity contribution in [2.75, 3.05) is 11.9 Å². The Hall–Kier alpha value is -3.86. The summed E-state index contributed by atoms with van der Waals surface area (Å²) in [5.74, 6) is -0.390. The average Bonchev–Trinajstić information content (AvgIpc) is 3.51. The highest BCUT2D eigenvalue weighted by molar-refractivity contribution is 6.00. The van der Waals surface area contributed by atoms with Crippen LogP contribution in [0.2, 0.25) is 0 Å². The third-order valence-corrected chi connectivity index (χ3v) is 6.76. The number of nitrogens with zero attached hydrogens (tertiary/aromatic N) is 1. The lowest BCUT2D eigenvalue weighted by molar-refractivity contribution is -0.137. The van der Waals surface area contributed by atoms with E-state index in [1.807, 2.05) is 55.5 Å². The summed E-state index contributed by atoms with van der Waals surface area (Å²) < 4.78 is 0. The Balaban J connectivity index is 1.31. The molecule has 2 N–H and O–H groups in total. The minimum Gasteiger partial charge on any atom is -0.355 e. The Morgan fingerprint density at radius 3 is 2.53 bits per heavy atom. The van der Waals surface area contributed by atoms with E-state index in [1.165, 1.54) is 5.56 Å². The van der Waals surface area contributed by atoms with Gasteiger partial charge in [0.05, 0.1) is 5.92 Å². The number of fused-ring (bicyclic) bond motifs is 1. The molecule has 1 fully saturated rings. The maximum absolute atomic E-state index is 13.2. The van der Waals surface area contributed by atoms with Gasteiger partial charge in [0.2, 0.25) is 11.8 Å². The van der Waals surface area contributed by atoms with Gasteiger partial charge in [-0.25, -0.2) is 0 Å². The van der Waals surface area contributed by atoms with E-state index in [0.717, 1.165) is 39.8 Å². The predicted octanol–water partition coefficient (Wildman–Crippen LogP) is 5.88. The molecule has 4 aromatic rings. The van der Waals surface area contributed by atoms with Gasteiger partial charge in [-0.15, -0.1) is 0 Å². The summed E-state index contributed by atoms with van der Waals surface area (Å²) in [5, 5.41) is 4.08. The second-order valence-electron chi connectivity index (χ2n) is 9.16. The lowest BCUT2D eigenvalue weighted by atomic mass is 9.99. The number of amides is 2. The first-order valence-electron chi connectivity index (χ1n) is 11.9. The Bertz CT molecular complexity index is 1320. The van der Waals surface area contributed by atoms with Crippen LogP contribution in [0.1, 0.15) is 36.8 Å². The largest absolute Gasteiger partial charge is 0.355 e. The van der Waals surface area contributed by atoms with Crippen molar-refractivity contribution in [2.45, 2.75) is 38.6 Å². The van der Waals surface area contributed by atoms with E-state index in [-0.39, 0.29) is 17.7 Å². The SMILES string of the molecule is Cc1ccc(-c2cc3cc(NC(=O)C4CCCN4C(=O)C(C)c4ccccc4)ccc3[nH]2)cc1. The fraction of sp³-hybridized carbons (Fsp3) is 0.241.